The predicted octanol–water partition coefficient (Wildman–Crippen LogP) is 1.48. The summed E-state index contributed by atoms with van der Waals surface area (Å²) in [4.78, 5) is 26.2. The van der Waals surface area contributed by atoms with Crippen LogP contribution in [0.4, 0.5) is 0 Å². The highest BCUT2D eigenvalue weighted by molar-refractivity contribution is 5.80. The van der Waals surface area contributed by atoms with E-state index < -0.39 is 11.4 Å². The van der Waals surface area contributed by atoms with Crippen LogP contribution in [-0.4, -0.2) is 47.1 Å². The van der Waals surface area contributed by atoms with Gasteiger partial charge in [-0.25, -0.2) is 0 Å². The van der Waals surface area contributed by atoms with E-state index in [0.717, 1.165) is 32.2 Å². The van der Waals surface area contributed by atoms with Crippen LogP contribution >= 0.6 is 0 Å². The first-order valence-electron chi connectivity index (χ1n) is 8.18. The van der Waals surface area contributed by atoms with E-state index >= 15 is 0 Å². The molecule has 0 radical (unpaired) electrons. The van der Waals surface area contributed by atoms with E-state index in [1.807, 2.05) is 4.90 Å². The summed E-state index contributed by atoms with van der Waals surface area (Å²) in [6.07, 6.45) is 5.09. The lowest BCUT2D eigenvalue weighted by atomic mass is 9.74. The van der Waals surface area contributed by atoms with Gasteiger partial charge in [0.1, 0.15) is 0 Å². The van der Waals surface area contributed by atoms with Crippen LogP contribution < -0.4 is 5.32 Å². The van der Waals surface area contributed by atoms with Crippen LogP contribution in [0.1, 0.15) is 46.0 Å². The van der Waals surface area contributed by atoms with Crippen LogP contribution in [0.2, 0.25) is 0 Å². The third-order valence-corrected chi connectivity index (χ3v) is 5.92. The average Bonchev–Trinajstić information content (AvgIpc) is 3.09. The molecule has 3 heterocycles. The second-order valence-corrected chi connectivity index (χ2v) is 7.54. The van der Waals surface area contributed by atoms with Crippen molar-refractivity contribution < 1.29 is 14.7 Å². The molecule has 3 fully saturated rings. The second-order valence-electron chi connectivity index (χ2n) is 7.54. The lowest BCUT2D eigenvalue weighted by molar-refractivity contribution is -0.154. The maximum absolute atomic E-state index is 12.8. The van der Waals surface area contributed by atoms with Crippen molar-refractivity contribution in [1.29, 1.82) is 0 Å². The summed E-state index contributed by atoms with van der Waals surface area (Å²) in [7, 11) is 0. The third kappa shape index (κ3) is 2.56. The fourth-order valence-corrected chi connectivity index (χ4v) is 4.27. The number of carbonyl (C=O) groups is 2. The van der Waals surface area contributed by atoms with Crippen molar-refractivity contribution in [3.8, 4) is 0 Å². The van der Waals surface area contributed by atoms with Gasteiger partial charge >= 0.3 is 5.97 Å². The molecule has 5 heteroatoms. The van der Waals surface area contributed by atoms with E-state index in [9.17, 15) is 14.7 Å². The minimum Gasteiger partial charge on any atom is -0.481 e. The zero-order chi connectivity index (χ0) is 15.2. The Labute approximate surface area is 126 Å². The molecule has 0 aromatic heterocycles. The molecule has 3 rings (SSSR count). The zero-order valence-corrected chi connectivity index (χ0v) is 13.0. The van der Waals surface area contributed by atoms with Crippen molar-refractivity contribution in [3.63, 3.8) is 0 Å². The van der Waals surface area contributed by atoms with E-state index in [1.54, 1.807) is 13.8 Å². The van der Waals surface area contributed by atoms with Gasteiger partial charge in [0.2, 0.25) is 5.91 Å². The molecule has 3 saturated heterocycles. The smallest absolute Gasteiger partial charge is 0.309 e. The first kappa shape index (κ1) is 14.8. The molecule has 0 aliphatic carbocycles. The van der Waals surface area contributed by atoms with Crippen LogP contribution in [0, 0.1) is 17.3 Å². The molecule has 4 atom stereocenters. The van der Waals surface area contributed by atoms with Crippen LogP contribution in [0.3, 0.4) is 0 Å². The number of fused-ring (bicyclic) bond motifs is 2. The number of rotatable bonds is 3. The summed E-state index contributed by atoms with van der Waals surface area (Å²) in [6, 6.07) is 0.885. The molecular formula is C16H26N2O3. The van der Waals surface area contributed by atoms with Gasteiger partial charge in [0.15, 0.2) is 0 Å². The number of carboxylic acids is 1. The highest BCUT2D eigenvalue weighted by Crippen LogP contribution is 2.38. The molecule has 4 unspecified atom stereocenters. The predicted molar refractivity (Wildman–Crippen MR) is 78.8 cm³/mol. The summed E-state index contributed by atoms with van der Waals surface area (Å²) in [6.45, 7) is 4.96. The van der Waals surface area contributed by atoms with Gasteiger partial charge in [0.25, 0.3) is 0 Å². The van der Waals surface area contributed by atoms with Crippen molar-refractivity contribution in [3.05, 3.63) is 0 Å². The van der Waals surface area contributed by atoms with Crippen LogP contribution in [-0.2, 0) is 9.59 Å². The fourth-order valence-electron chi connectivity index (χ4n) is 4.27. The number of hydrogen-bond acceptors (Lipinski definition) is 3. The Bertz CT molecular complexity index is 449. The van der Waals surface area contributed by atoms with Crippen LogP contribution in [0.15, 0.2) is 0 Å². The number of hydrogen-bond donors (Lipinski definition) is 2. The largest absolute Gasteiger partial charge is 0.481 e. The van der Waals surface area contributed by atoms with Crippen LogP contribution in [0.25, 0.3) is 0 Å². The number of carboxylic acid groups (broad SMARTS) is 1. The van der Waals surface area contributed by atoms with E-state index in [0.29, 0.717) is 18.6 Å². The van der Waals surface area contributed by atoms with E-state index in [2.05, 4.69) is 5.32 Å². The monoisotopic (exact) mass is 294 g/mol. The Morgan fingerprint density at radius 1 is 1.24 bits per heavy atom. The standard InChI is InChI=1S/C16H26N2O3/c1-16(2,15(20)21)10-4-3-7-18(9-10)14(19)12-8-11-5-6-13(12)17-11/h10-13,17H,3-9H2,1-2H3,(H,20,21). The number of piperidine rings is 1. The highest BCUT2D eigenvalue weighted by Gasteiger charge is 2.46. The van der Waals surface area contributed by atoms with Crippen LogP contribution in [0.5, 0.6) is 0 Å². The van der Waals surface area contributed by atoms with Gasteiger partial charge in [0.05, 0.1) is 11.3 Å². The number of nitrogens with zero attached hydrogens (tertiary/aromatic N) is 1. The summed E-state index contributed by atoms with van der Waals surface area (Å²) < 4.78 is 0. The molecule has 2 N–H and O–H groups in total. The molecule has 2 bridgehead atoms. The summed E-state index contributed by atoms with van der Waals surface area (Å²) >= 11 is 0. The molecule has 0 spiro atoms. The van der Waals surface area contributed by atoms with Crippen molar-refractivity contribution in [2.24, 2.45) is 17.3 Å². The first-order chi connectivity index (χ1) is 9.89. The highest BCUT2D eigenvalue weighted by atomic mass is 16.4. The molecule has 3 aliphatic heterocycles. The molecular weight excluding hydrogens is 268 g/mol. The Hall–Kier alpha value is -1.10. The molecule has 21 heavy (non-hydrogen) atoms. The molecule has 0 aromatic carbocycles. The van der Waals surface area contributed by atoms with Gasteiger partial charge in [0, 0.05) is 25.2 Å². The van der Waals surface area contributed by atoms with Crippen molar-refractivity contribution in [2.45, 2.75) is 58.0 Å². The van der Waals surface area contributed by atoms with Gasteiger partial charge in [-0.1, -0.05) is 0 Å². The summed E-state index contributed by atoms with van der Waals surface area (Å²) in [5.74, 6) is -0.335. The molecule has 5 nitrogen and oxygen atoms in total. The number of carbonyl (C=O) groups excluding carboxylic acids is 1. The van der Waals surface area contributed by atoms with E-state index in [4.69, 9.17) is 0 Å². The lowest BCUT2D eigenvalue weighted by Crippen LogP contribution is -2.49. The Morgan fingerprint density at radius 3 is 2.57 bits per heavy atom. The second kappa shape index (κ2) is 5.27. The minimum atomic E-state index is -0.761. The molecule has 3 aliphatic rings. The Kier molecular flexibility index (Phi) is 3.72. The van der Waals surface area contributed by atoms with Gasteiger partial charge in [-0.3, -0.25) is 9.59 Å². The van der Waals surface area contributed by atoms with Crippen molar-refractivity contribution >= 4 is 11.9 Å². The normalized spacial score (nSPS) is 36.0. The molecule has 0 saturated carbocycles. The fraction of sp³-hybridized carbons (Fsp3) is 0.875. The number of amides is 1. The number of aliphatic carboxylic acids is 1. The number of nitrogens with one attached hydrogen (secondary N) is 1. The maximum Gasteiger partial charge on any atom is 0.309 e. The third-order valence-electron chi connectivity index (χ3n) is 5.92. The zero-order valence-electron chi connectivity index (χ0n) is 13.0. The maximum atomic E-state index is 12.8. The van der Waals surface area contributed by atoms with Gasteiger partial charge in [-0.15, -0.1) is 0 Å². The van der Waals surface area contributed by atoms with Gasteiger partial charge in [-0.05, 0) is 51.9 Å². The van der Waals surface area contributed by atoms with Crippen molar-refractivity contribution in [1.82, 2.24) is 10.2 Å². The average molecular weight is 294 g/mol. The summed E-state index contributed by atoms with van der Waals surface area (Å²) in [5, 5.41) is 12.9. The SMILES string of the molecule is CC(C)(C(=O)O)C1CCCN(C(=O)C2CC3CCC2N3)C1. The molecule has 118 valence electrons. The Morgan fingerprint density at radius 2 is 2.00 bits per heavy atom. The lowest BCUT2D eigenvalue weighted by Gasteiger charge is -2.40. The Balaban J connectivity index is 1.66. The number of likely N-dealkylation sites (tertiary alicyclic amines) is 1. The first-order valence-corrected chi connectivity index (χ1v) is 8.18. The molecule has 0 aromatic rings. The van der Waals surface area contributed by atoms with Gasteiger partial charge < -0.3 is 15.3 Å². The minimum absolute atomic E-state index is 0.0549. The summed E-state index contributed by atoms with van der Waals surface area (Å²) in [5.41, 5.74) is -0.758. The topological polar surface area (TPSA) is 69.6 Å². The molecule has 1 amide bonds. The van der Waals surface area contributed by atoms with E-state index in [1.165, 1.54) is 6.42 Å². The quantitative estimate of drug-likeness (QED) is 0.827. The van der Waals surface area contributed by atoms with Gasteiger partial charge in [-0.2, -0.15) is 0 Å². The van der Waals surface area contributed by atoms with E-state index in [-0.39, 0.29) is 17.7 Å². The van der Waals surface area contributed by atoms with Crippen molar-refractivity contribution in [2.75, 3.05) is 13.1 Å².